The summed E-state index contributed by atoms with van der Waals surface area (Å²) >= 11 is 11.7. The molecule has 0 radical (unpaired) electrons. The van der Waals surface area contributed by atoms with E-state index in [4.69, 9.17) is 23.2 Å². The number of halogens is 2. The summed E-state index contributed by atoms with van der Waals surface area (Å²) in [6.45, 7) is 2.59. The highest BCUT2D eigenvalue weighted by Gasteiger charge is 2.42. The molecule has 0 aromatic heterocycles. The van der Waals surface area contributed by atoms with Crippen molar-refractivity contribution < 1.29 is 9.90 Å². The van der Waals surface area contributed by atoms with Crippen LogP contribution in [0.15, 0.2) is 18.2 Å². The molecule has 2 amide bonds. The van der Waals surface area contributed by atoms with Crippen molar-refractivity contribution in [2.45, 2.75) is 18.9 Å². The van der Waals surface area contributed by atoms with Gasteiger partial charge in [-0.2, -0.15) is 0 Å². The molecule has 0 unspecified atom stereocenters. The molecule has 0 spiro atoms. The van der Waals surface area contributed by atoms with Crippen LogP contribution in [0.5, 0.6) is 0 Å². The second kappa shape index (κ2) is 4.96. The third-order valence-electron chi connectivity index (χ3n) is 3.09. The van der Waals surface area contributed by atoms with Crippen LogP contribution >= 0.6 is 23.2 Å². The standard InChI is InChI=1S/C12H14Cl2N2O2/c1-2-12(18)6-16(7-12)11(17)15-10-4-3-8(13)5-9(10)14/h3-5,18H,2,6-7H2,1H3,(H,15,17). The predicted octanol–water partition coefficient (Wildman–Crippen LogP) is 2.98. The molecule has 1 heterocycles. The lowest BCUT2D eigenvalue weighted by molar-refractivity contribution is -0.0755. The van der Waals surface area contributed by atoms with E-state index in [2.05, 4.69) is 5.32 Å². The molecule has 2 rings (SSSR count). The number of aliphatic hydroxyl groups is 1. The SMILES string of the molecule is CCC1(O)CN(C(=O)Nc2ccc(Cl)cc2Cl)C1. The van der Waals surface area contributed by atoms with Gasteiger partial charge in [-0.15, -0.1) is 0 Å². The van der Waals surface area contributed by atoms with E-state index in [-0.39, 0.29) is 6.03 Å². The van der Waals surface area contributed by atoms with E-state index in [1.807, 2.05) is 6.92 Å². The van der Waals surface area contributed by atoms with Gasteiger partial charge in [0.05, 0.1) is 29.4 Å². The van der Waals surface area contributed by atoms with Crippen LogP contribution in [0.2, 0.25) is 10.0 Å². The van der Waals surface area contributed by atoms with Gasteiger partial charge < -0.3 is 15.3 Å². The summed E-state index contributed by atoms with van der Waals surface area (Å²) in [6.07, 6.45) is 0.637. The van der Waals surface area contributed by atoms with Crippen LogP contribution in [0, 0.1) is 0 Å². The Bertz CT molecular complexity index is 473. The van der Waals surface area contributed by atoms with Crippen molar-refractivity contribution in [2.75, 3.05) is 18.4 Å². The second-order valence-corrected chi connectivity index (χ2v) is 5.33. The number of anilines is 1. The minimum atomic E-state index is -0.735. The van der Waals surface area contributed by atoms with E-state index >= 15 is 0 Å². The minimum absolute atomic E-state index is 0.266. The molecular weight excluding hydrogens is 275 g/mol. The molecule has 1 aromatic carbocycles. The zero-order valence-corrected chi connectivity index (χ0v) is 11.4. The number of carbonyl (C=O) groups is 1. The highest BCUT2D eigenvalue weighted by molar-refractivity contribution is 6.36. The Morgan fingerprint density at radius 1 is 1.50 bits per heavy atom. The Labute approximate surface area is 115 Å². The van der Waals surface area contributed by atoms with E-state index in [1.54, 1.807) is 18.2 Å². The van der Waals surface area contributed by atoms with E-state index < -0.39 is 5.60 Å². The Kier molecular flexibility index (Phi) is 3.71. The number of nitrogens with zero attached hydrogens (tertiary/aromatic N) is 1. The fraction of sp³-hybridized carbons (Fsp3) is 0.417. The van der Waals surface area contributed by atoms with Crippen molar-refractivity contribution in [1.82, 2.24) is 4.90 Å². The number of β-amino-alcohol motifs (C(OH)–C–C–N with tert-alkyl or cyclic N) is 1. The number of hydrogen-bond acceptors (Lipinski definition) is 2. The van der Waals surface area contributed by atoms with Gasteiger partial charge in [-0.05, 0) is 24.6 Å². The first-order valence-corrected chi connectivity index (χ1v) is 6.42. The summed E-state index contributed by atoms with van der Waals surface area (Å²) in [5, 5.41) is 13.4. The molecule has 1 aliphatic heterocycles. The van der Waals surface area contributed by atoms with Crippen molar-refractivity contribution in [3.05, 3.63) is 28.2 Å². The number of carbonyl (C=O) groups excluding carboxylic acids is 1. The van der Waals surface area contributed by atoms with Crippen LogP contribution in [0.25, 0.3) is 0 Å². The Hall–Kier alpha value is -0.970. The normalized spacial score (nSPS) is 17.2. The molecule has 1 saturated heterocycles. The molecule has 2 N–H and O–H groups in total. The van der Waals surface area contributed by atoms with Gasteiger partial charge in [-0.1, -0.05) is 30.1 Å². The van der Waals surface area contributed by atoms with Gasteiger partial charge in [0, 0.05) is 5.02 Å². The second-order valence-electron chi connectivity index (χ2n) is 4.49. The summed E-state index contributed by atoms with van der Waals surface area (Å²) in [4.78, 5) is 13.4. The van der Waals surface area contributed by atoms with Crippen molar-refractivity contribution >= 4 is 34.9 Å². The van der Waals surface area contributed by atoms with Crippen LogP contribution in [-0.4, -0.2) is 34.7 Å². The first-order valence-electron chi connectivity index (χ1n) is 5.67. The molecule has 0 atom stereocenters. The van der Waals surface area contributed by atoms with Gasteiger partial charge in [0.25, 0.3) is 0 Å². The number of benzene rings is 1. The molecule has 1 aliphatic rings. The highest BCUT2D eigenvalue weighted by atomic mass is 35.5. The summed E-state index contributed by atoms with van der Waals surface area (Å²) < 4.78 is 0. The molecule has 18 heavy (non-hydrogen) atoms. The van der Waals surface area contributed by atoms with Gasteiger partial charge in [-0.25, -0.2) is 4.79 Å². The summed E-state index contributed by atoms with van der Waals surface area (Å²) in [5.41, 5.74) is -0.223. The molecule has 6 heteroatoms. The number of urea groups is 1. The van der Waals surface area contributed by atoms with E-state index in [1.165, 1.54) is 4.90 Å². The first kappa shape index (κ1) is 13.5. The zero-order valence-electron chi connectivity index (χ0n) is 9.91. The molecule has 1 fully saturated rings. The fourth-order valence-electron chi connectivity index (χ4n) is 1.82. The lowest BCUT2D eigenvalue weighted by Crippen LogP contribution is -2.63. The van der Waals surface area contributed by atoms with E-state index in [0.29, 0.717) is 35.2 Å². The van der Waals surface area contributed by atoms with Gasteiger partial charge >= 0.3 is 6.03 Å². The first-order chi connectivity index (χ1) is 8.43. The maximum Gasteiger partial charge on any atom is 0.322 e. The number of rotatable bonds is 2. The topological polar surface area (TPSA) is 52.6 Å². The van der Waals surface area contributed by atoms with Crippen LogP contribution in [0.4, 0.5) is 10.5 Å². The fourth-order valence-corrected chi connectivity index (χ4v) is 2.27. The van der Waals surface area contributed by atoms with Crippen LogP contribution in [0.3, 0.4) is 0 Å². The predicted molar refractivity (Wildman–Crippen MR) is 72.3 cm³/mol. The Balaban J connectivity index is 1.97. The van der Waals surface area contributed by atoms with Crippen molar-refractivity contribution in [3.63, 3.8) is 0 Å². The Morgan fingerprint density at radius 3 is 2.72 bits per heavy atom. The van der Waals surface area contributed by atoms with Crippen LogP contribution in [-0.2, 0) is 0 Å². The Morgan fingerprint density at radius 2 is 2.17 bits per heavy atom. The summed E-state index contributed by atoms with van der Waals surface area (Å²) in [5.74, 6) is 0. The van der Waals surface area contributed by atoms with Gasteiger partial charge in [0.15, 0.2) is 0 Å². The third-order valence-corrected chi connectivity index (χ3v) is 3.64. The quantitative estimate of drug-likeness (QED) is 0.879. The zero-order chi connectivity index (χ0) is 13.3. The summed E-state index contributed by atoms with van der Waals surface area (Å²) in [7, 11) is 0. The maximum atomic E-state index is 11.8. The minimum Gasteiger partial charge on any atom is -0.386 e. The van der Waals surface area contributed by atoms with Gasteiger partial charge in [-0.3, -0.25) is 0 Å². The van der Waals surface area contributed by atoms with Crippen molar-refractivity contribution in [3.8, 4) is 0 Å². The number of hydrogen-bond donors (Lipinski definition) is 2. The summed E-state index contributed by atoms with van der Waals surface area (Å²) in [6, 6.07) is 4.60. The van der Waals surface area contributed by atoms with Crippen LogP contribution < -0.4 is 5.32 Å². The number of amides is 2. The number of nitrogens with one attached hydrogen (secondary N) is 1. The maximum absolute atomic E-state index is 11.8. The van der Waals surface area contributed by atoms with Crippen LogP contribution in [0.1, 0.15) is 13.3 Å². The molecule has 0 bridgehead atoms. The van der Waals surface area contributed by atoms with Gasteiger partial charge in [0.2, 0.25) is 0 Å². The third kappa shape index (κ3) is 2.71. The highest BCUT2D eigenvalue weighted by Crippen LogP contribution is 2.28. The van der Waals surface area contributed by atoms with Crippen molar-refractivity contribution in [1.29, 1.82) is 0 Å². The largest absolute Gasteiger partial charge is 0.386 e. The van der Waals surface area contributed by atoms with E-state index in [0.717, 1.165) is 0 Å². The average molecular weight is 289 g/mol. The lowest BCUT2D eigenvalue weighted by atomic mass is 9.92. The molecule has 0 saturated carbocycles. The van der Waals surface area contributed by atoms with E-state index in [9.17, 15) is 9.90 Å². The van der Waals surface area contributed by atoms with Crippen molar-refractivity contribution in [2.24, 2.45) is 0 Å². The smallest absolute Gasteiger partial charge is 0.322 e. The molecule has 1 aromatic rings. The molecule has 0 aliphatic carbocycles. The molecular formula is C12H14Cl2N2O2. The molecule has 98 valence electrons. The average Bonchev–Trinajstić information content (AvgIpc) is 2.28. The number of likely N-dealkylation sites (tertiary alicyclic amines) is 1. The van der Waals surface area contributed by atoms with Gasteiger partial charge in [0.1, 0.15) is 0 Å². The monoisotopic (exact) mass is 288 g/mol. The molecule has 4 nitrogen and oxygen atoms in total. The lowest BCUT2D eigenvalue weighted by Gasteiger charge is -2.45.